The van der Waals surface area contributed by atoms with Crippen LogP contribution in [-0.4, -0.2) is 36.5 Å². The van der Waals surface area contributed by atoms with Gasteiger partial charge < -0.3 is 21.7 Å². The molecule has 1 aliphatic rings. The minimum absolute atomic E-state index is 0.393. The number of carbonyl (C=O) groups is 1. The van der Waals surface area contributed by atoms with Gasteiger partial charge in [-0.25, -0.2) is 0 Å². The van der Waals surface area contributed by atoms with E-state index in [1.54, 1.807) is 12.1 Å². The van der Waals surface area contributed by atoms with Gasteiger partial charge in [0.05, 0.1) is 5.56 Å². The lowest BCUT2D eigenvalue weighted by Gasteiger charge is -2.32. The van der Waals surface area contributed by atoms with Crippen molar-refractivity contribution in [3.63, 3.8) is 0 Å². The van der Waals surface area contributed by atoms with Crippen LogP contribution < -0.4 is 16.8 Å². The second-order valence-corrected chi connectivity index (χ2v) is 5.43. The van der Waals surface area contributed by atoms with E-state index in [9.17, 15) is 4.79 Å². The Hall–Kier alpha value is -1.75. The molecule has 0 aromatic heterocycles. The third-order valence-electron chi connectivity index (χ3n) is 3.80. The molecule has 5 nitrogen and oxygen atoms in total. The summed E-state index contributed by atoms with van der Waals surface area (Å²) in [6.45, 7) is 5.58. The van der Waals surface area contributed by atoms with Crippen molar-refractivity contribution in [2.24, 2.45) is 5.73 Å². The summed E-state index contributed by atoms with van der Waals surface area (Å²) in [7, 11) is 0. The van der Waals surface area contributed by atoms with Crippen molar-refractivity contribution in [1.82, 2.24) is 4.90 Å². The molecule has 2 rings (SSSR count). The van der Waals surface area contributed by atoms with E-state index in [0.717, 1.165) is 31.6 Å². The van der Waals surface area contributed by atoms with Gasteiger partial charge in [0.25, 0.3) is 5.91 Å². The van der Waals surface area contributed by atoms with E-state index in [1.807, 2.05) is 6.07 Å². The van der Waals surface area contributed by atoms with E-state index in [4.69, 9.17) is 11.5 Å². The number of nitrogens with one attached hydrogen (secondary N) is 1. The molecule has 1 aliphatic heterocycles. The van der Waals surface area contributed by atoms with Gasteiger partial charge in [0, 0.05) is 30.5 Å². The van der Waals surface area contributed by atoms with Crippen LogP contribution in [0.3, 0.4) is 0 Å². The number of carbonyl (C=O) groups excluding carboxylic acids is 1. The first-order valence-corrected chi connectivity index (χ1v) is 7.28. The zero-order chi connectivity index (χ0) is 14.5. The quantitative estimate of drug-likeness (QED) is 0.714. The predicted molar refractivity (Wildman–Crippen MR) is 82.7 cm³/mol. The number of rotatable bonds is 5. The van der Waals surface area contributed by atoms with Crippen LogP contribution in [0.25, 0.3) is 0 Å². The summed E-state index contributed by atoms with van der Waals surface area (Å²) < 4.78 is 0. The highest BCUT2D eigenvalue weighted by atomic mass is 16.1. The normalized spacial score (nSPS) is 17.1. The van der Waals surface area contributed by atoms with Gasteiger partial charge in [0.2, 0.25) is 0 Å². The Bertz CT molecular complexity index is 467. The van der Waals surface area contributed by atoms with Gasteiger partial charge in [-0.1, -0.05) is 6.92 Å². The number of nitrogen functional groups attached to an aromatic ring is 1. The van der Waals surface area contributed by atoms with Crippen LogP contribution in [0.5, 0.6) is 0 Å². The fraction of sp³-hybridized carbons (Fsp3) is 0.533. The number of anilines is 2. The zero-order valence-corrected chi connectivity index (χ0v) is 12.1. The zero-order valence-electron chi connectivity index (χ0n) is 12.1. The van der Waals surface area contributed by atoms with Crippen LogP contribution in [-0.2, 0) is 0 Å². The standard InChI is InChI=1S/C15H24N4O/c1-2-7-19-8-5-12(6-9-19)18-14-4-3-11(16)10-13(14)15(17)20/h3-4,10,12,18H,2,5-9,16H2,1H3,(H2,17,20). The average molecular weight is 276 g/mol. The maximum absolute atomic E-state index is 11.5. The number of likely N-dealkylation sites (tertiary alicyclic amines) is 1. The lowest BCUT2D eigenvalue weighted by atomic mass is 10.0. The monoisotopic (exact) mass is 276 g/mol. The molecule has 1 heterocycles. The minimum atomic E-state index is -0.441. The molecular formula is C15H24N4O. The largest absolute Gasteiger partial charge is 0.399 e. The molecule has 1 amide bonds. The van der Waals surface area contributed by atoms with Crippen LogP contribution in [0.15, 0.2) is 18.2 Å². The summed E-state index contributed by atoms with van der Waals surface area (Å²) in [5, 5.41) is 3.44. The van der Waals surface area contributed by atoms with E-state index in [2.05, 4.69) is 17.1 Å². The summed E-state index contributed by atoms with van der Waals surface area (Å²) >= 11 is 0. The molecule has 0 atom stereocenters. The van der Waals surface area contributed by atoms with Crippen LogP contribution in [0, 0.1) is 0 Å². The average Bonchev–Trinajstić information content (AvgIpc) is 2.43. The van der Waals surface area contributed by atoms with Crippen molar-refractivity contribution in [3.05, 3.63) is 23.8 Å². The van der Waals surface area contributed by atoms with Gasteiger partial charge in [-0.15, -0.1) is 0 Å². The first kappa shape index (κ1) is 14.7. The molecule has 5 N–H and O–H groups in total. The van der Waals surface area contributed by atoms with Gasteiger partial charge in [-0.3, -0.25) is 4.79 Å². The van der Waals surface area contributed by atoms with Gasteiger partial charge in [0.1, 0.15) is 0 Å². The summed E-state index contributed by atoms with van der Waals surface area (Å²) in [6, 6.07) is 5.66. The molecule has 0 bridgehead atoms. The van der Waals surface area contributed by atoms with Crippen molar-refractivity contribution >= 4 is 17.3 Å². The van der Waals surface area contributed by atoms with Crippen LogP contribution in [0.2, 0.25) is 0 Å². The molecule has 0 spiro atoms. The topological polar surface area (TPSA) is 84.4 Å². The molecule has 1 saturated heterocycles. The number of amides is 1. The Kier molecular flexibility index (Phi) is 4.84. The summed E-state index contributed by atoms with van der Waals surface area (Å²) in [5.41, 5.74) is 12.9. The van der Waals surface area contributed by atoms with Gasteiger partial charge >= 0.3 is 0 Å². The Morgan fingerprint density at radius 3 is 2.70 bits per heavy atom. The van der Waals surface area contributed by atoms with Crippen LogP contribution in [0.1, 0.15) is 36.5 Å². The second kappa shape index (κ2) is 6.61. The van der Waals surface area contributed by atoms with Crippen molar-refractivity contribution < 1.29 is 4.79 Å². The SMILES string of the molecule is CCCN1CCC(Nc2ccc(N)cc2C(N)=O)CC1. The Labute approximate surface area is 120 Å². The highest BCUT2D eigenvalue weighted by molar-refractivity contribution is 5.99. The number of piperidine rings is 1. The minimum Gasteiger partial charge on any atom is -0.399 e. The molecule has 110 valence electrons. The summed E-state index contributed by atoms with van der Waals surface area (Å²) in [5.74, 6) is -0.441. The summed E-state index contributed by atoms with van der Waals surface area (Å²) in [6.07, 6.45) is 3.37. The fourth-order valence-corrected chi connectivity index (χ4v) is 2.73. The van der Waals surface area contributed by atoms with E-state index >= 15 is 0 Å². The molecule has 1 fully saturated rings. The molecule has 5 heteroatoms. The van der Waals surface area contributed by atoms with Crippen molar-refractivity contribution in [1.29, 1.82) is 0 Å². The highest BCUT2D eigenvalue weighted by Gasteiger charge is 2.19. The molecule has 1 aromatic carbocycles. The van der Waals surface area contributed by atoms with Gasteiger partial charge in [-0.2, -0.15) is 0 Å². The summed E-state index contributed by atoms with van der Waals surface area (Å²) in [4.78, 5) is 14.0. The van der Waals surface area contributed by atoms with Crippen LogP contribution >= 0.6 is 0 Å². The molecule has 0 unspecified atom stereocenters. The lowest BCUT2D eigenvalue weighted by Crippen LogP contribution is -2.39. The first-order chi connectivity index (χ1) is 9.60. The number of primary amides is 1. The lowest BCUT2D eigenvalue weighted by molar-refractivity contribution is 0.100. The second-order valence-electron chi connectivity index (χ2n) is 5.43. The molecule has 0 radical (unpaired) electrons. The number of nitrogens with zero attached hydrogens (tertiary/aromatic N) is 1. The maximum Gasteiger partial charge on any atom is 0.250 e. The smallest absolute Gasteiger partial charge is 0.250 e. The number of hydrogen-bond acceptors (Lipinski definition) is 4. The predicted octanol–water partition coefficient (Wildman–Crippen LogP) is 1.65. The number of hydrogen-bond donors (Lipinski definition) is 3. The Morgan fingerprint density at radius 2 is 2.10 bits per heavy atom. The van der Waals surface area contributed by atoms with E-state index in [-0.39, 0.29) is 0 Å². The van der Waals surface area contributed by atoms with Gasteiger partial charge in [-0.05, 0) is 44.0 Å². The Balaban J connectivity index is 1.99. The van der Waals surface area contributed by atoms with Crippen molar-refractivity contribution in [2.45, 2.75) is 32.2 Å². The molecule has 1 aromatic rings. The van der Waals surface area contributed by atoms with Crippen molar-refractivity contribution in [3.8, 4) is 0 Å². The highest BCUT2D eigenvalue weighted by Crippen LogP contribution is 2.22. The Morgan fingerprint density at radius 1 is 1.40 bits per heavy atom. The number of benzene rings is 1. The molecular weight excluding hydrogens is 252 g/mol. The van der Waals surface area contributed by atoms with Crippen LogP contribution in [0.4, 0.5) is 11.4 Å². The molecule has 0 saturated carbocycles. The molecule has 20 heavy (non-hydrogen) atoms. The first-order valence-electron chi connectivity index (χ1n) is 7.28. The number of nitrogens with two attached hydrogens (primary N) is 2. The molecule has 0 aliphatic carbocycles. The fourth-order valence-electron chi connectivity index (χ4n) is 2.73. The third-order valence-corrected chi connectivity index (χ3v) is 3.80. The third kappa shape index (κ3) is 3.63. The van der Waals surface area contributed by atoms with E-state index in [0.29, 0.717) is 17.3 Å². The van der Waals surface area contributed by atoms with Crippen molar-refractivity contribution in [2.75, 3.05) is 30.7 Å². The van der Waals surface area contributed by atoms with E-state index < -0.39 is 5.91 Å². The maximum atomic E-state index is 11.5. The van der Waals surface area contributed by atoms with E-state index in [1.165, 1.54) is 13.0 Å². The van der Waals surface area contributed by atoms with Gasteiger partial charge in [0.15, 0.2) is 0 Å².